The van der Waals surface area contributed by atoms with E-state index in [-0.39, 0.29) is 11.9 Å². The summed E-state index contributed by atoms with van der Waals surface area (Å²) in [6, 6.07) is 9.99. The predicted molar refractivity (Wildman–Crippen MR) is 79.3 cm³/mol. The number of aryl methyl sites for hydroxylation is 2. The van der Waals surface area contributed by atoms with E-state index in [1.807, 2.05) is 26.0 Å². The third-order valence-corrected chi connectivity index (χ3v) is 3.86. The SMILES string of the molecule is Cc1cc(C(=O)CC2OCCc3ccccc32)c(C)nn1. The van der Waals surface area contributed by atoms with Crippen molar-refractivity contribution in [2.75, 3.05) is 6.61 Å². The first-order valence-corrected chi connectivity index (χ1v) is 7.18. The summed E-state index contributed by atoms with van der Waals surface area (Å²) < 4.78 is 5.81. The first-order valence-electron chi connectivity index (χ1n) is 7.18. The van der Waals surface area contributed by atoms with Crippen molar-refractivity contribution in [3.63, 3.8) is 0 Å². The molecule has 1 aromatic carbocycles. The van der Waals surface area contributed by atoms with Crippen LogP contribution in [-0.2, 0) is 11.2 Å². The Hall–Kier alpha value is -2.07. The molecule has 0 aliphatic carbocycles. The van der Waals surface area contributed by atoms with Gasteiger partial charge in [0.05, 0.1) is 24.1 Å². The van der Waals surface area contributed by atoms with E-state index in [4.69, 9.17) is 4.74 Å². The molecule has 0 amide bonds. The van der Waals surface area contributed by atoms with Crippen molar-refractivity contribution < 1.29 is 9.53 Å². The number of aromatic nitrogens is 2. The minimum Gasteiger partial charge on any atom is -0.373 e. The molecule has 0 fully saturated rings. The van der Waals surface area contributed by atoms with Crippen LogP contribution in [0.1, 0.15) is 45.4 Å². The Kier molecular flexibility index (Phi) is 3.80. The third kappa shape index (κ3) is 2.85. The van der Waals surface area contributed by atoms with Crippen molar-refractivity contribution in [2.45, 2.75) is 32.8 Å². The summed E-state index contributed by atoms with van der Waals surface area (Å²) in [5.41, 5.74) is 4.49. The van der Waals surface area contributed by atoms with E-state index < -0.39 is 0 Å². The molecule has 1 unspecified atom stereocenters. The lowest BCUT2D eigenvalue weighted by Crippen LogP contribution is -2.19. The van der Waals surface area contributed by atoms with E-state index in [0.717, 1.165) is 17.7 Å². The van der Waals surface area contributed by atoms with E-state index in [0.29, 0.717) is 24.3 Å². The summed E-state index contributed by atoms with van der Waals surface area (Å²) >= 11 is 0. The number of hydrogen-bond donors (Lipinski definition) is 0. The van der Waals surface area contributed by atoms with Gasteiger partial charge in [-0.15, -0.1) is 0 Å². The second-order valence-electron chi connectivity index (χ2n) is 5.42. The lowest BCUT2D eigenvalue weighted by molar-refractivity contribution is 0.0351. The maximum atomic E-state index is 12.5. The Balaban J connectivity index is 1.84. The van der Waals surface area contributed by atoms with Crippen LogP contribution in [-0.4, -0.2) is 22.6 Å². The van der Waals surface area contributed by atoms with Crippen molar-refractivity contribution in [1.82, 2.24) is 10.2 Å². The largest absolute Gasteiger partial charge is 0.373 e. The maximum absolute atomic E-state index is 12.5. The summed E-state index contributed by atoms with van der Waals surface area (Å²) in [6.45, 7) is 4.33. The molecule has 0 bridgehead atoms. The molecule has 0 spiro atoms. The monoisotopic (exact) mass is 282 g/mol. The highest BCUT2D eigenvalue weighted by molar-refractivity contribution is 5.97. The van der Waals surface area contributed by atoms with Crippen LogP contribution < -0.4 is 0 Å². The van der Waals surface area contributed by atoms with Gasteiger partial charge in [-0.1, -0.05) is 24.3 Å². The fourth-order valence-corrected chi connectivity index (χ4v) is 2.76. The van der Waals surface area contributed by atoms with Crippen LogP contribution in [0.25, 0.3) is 0 Å². The molecule has 3 rings (SSSR count). The van der Waals surface area contributed by atoms with E-state index in [2.05, 4.69) is 22.3 Å². The van der Waals surface area contributed by atoms with Crippen LogP contribution >= 0.6 is 0 Å². The lowest BCUT2D eigenvalue weighted by atomic mass is 9.93. The highest BCUT2D eigenvalue weighted by atomic mass is 16.5. The first-order chi connectivity index (χ1) is 10.1. The zero-order valence-corrected chi connectivity index (χ0v) is 12.3. The number of fused-ring (bicyclic) bond motifs is 1. The normalized spacial score (nSPS) is 17.3. The standard InChI is InChI=1S/C17H18N2O2/c1-11-9-15(12(2)19-18-11)16(20)10-17-14-6-4-3-5-13(14)7-8-21-17/h3-6,9,17H,7-8,10H2,1-2H3. The number of ether oxygens (including phenoxy) is 1. The zero-order chi connectivity index (χ0) is 14.8. The summed E-state index contributed by atoms with van der Waals surface area (Å²) in [4.78, 5) is 12.5. The minimum atomic E-state index is -0.157. The molecule has 0 saturated carbocycles. The predicted octanol–water partition coefficient (Wildman–Crippen LogP) is 2.98. The van der Waals surface area contributed by atoms with Crippen molar-refractivity contribution in [2.24, 2.45) is 0 Å². The number of ketones is 1. The van der Waals surface area contributed by atoms with Gasteiger partial charge in [0.2, 0.25) is 0 Å². The highest BCUT2D eigenvalue weighted by Gasteiger charge is 2.24. The topological polar surface area (TPSA) is 52.1 Å². The minimum absolute atomic E-state index is 0.0622. The lowest BCUT2D eigenvalue weighted by Gasteiger charge is -2.25. The first kappa shape index (κ1) is 13.9. The number of benzene rings is 1. The number of Topliss-reactive ketones (excluding diaryl/α,β-unsaturated/α-hetero) is 1. The Labute approximate surface area is 124 Å². The average Bonchev–Trinajstić information content (AvgIpc) is 2.50. The van der Waals surface area contributed by atoms with Crippen LogP contribution in [0.3, 0.4) is 0 Å². The molecule has 2 heterocycles. The molecule has 4 heteroatoms. The van der Waals surface area contributed by atoms with Crippen molar-refractivity contribution >= 4 is 5.78 Å². The molecule has 1 aliphatic rings. The van der Waals surface area contributed by atoms with Gasteiger partial charge in [-0.2, -0.15) is 10.2 Å². The van der Waals surface area contributed by atoms with Crippen LogP contribution in [0.5, 0.6) is 0 Å². The molecule has 1 atom stereocenters. The zero-order valence-electron chi connectivity index (χ0n) is 12.3. The molecule has 0 radical (unpaired) electrons. The summed E-state index contributed by atoms with van der Waals surface area (Å²) in [5, 5.41) is 8.00. The Morgan fingerprint density at radius 3 is 2.95 bits per heavy atom. The van der Waals surface area contributed by atoms with Gasteiger partial charge in [-0.25, -0.2) is 0 Å². The van der Waals surface area contributed by atoms with Gasteiger partial charge in [-0.05, 0) is 37.5 Å². The Bertz CT molecular complexity index is 682. The second kappa shape index (κ2) is 5.74. The van der Waals surface area contributed by atoms with Crippen molar-refractivity contribution in [1.29, 1.82) is 0 Å². The molecule has 1 aliphatic heterocycles. The van der Waals surface area contributed by atoms with Gasteiger partial charge in [0, 0.05) is 12.0 Å². The van der Waals surface area contributed by atoms with Gasteiger partial charge in [0.25, 0.3) is 0 Å². The van der Waals surface area contributed by atoms with Gasteiger partial charge in [0.15, 0.2) is 5.78 Å². The fraction of sp³-hybridized carbons (Fsp3) is 0.353. The quantitative estimate of drug-likeness (QED) is 0.812. The number of rotatable bonds is 3. The van der Waals surface area contributed by atoms with Crippen LogP contribution in [0.4, 0.5) is 0 Å². The molecule has 0 saturated heterocycles. The number of carbonyl (C=O) groups excluding carboxylic acids is 1. The van der Waals surface area contributed by atoms with E-state index >= 15 is 0 Å². The van der Waals surface area contributed by atoms with Crippen LogP contribution in [0.2, 0.25) is 0 Å². The van der Waals surface area contributed by atoms with Crippen molar-refractivity contribution in [3.05, 3.63) is 58.4 Å². The number of nitrogens with zero attached hydrogens (tertiary/aromatic N) is 2. The molecule has 4 nitrogen and oxygen atoms in total. The molecular formula is C17H18N2O2. The van der Waals surface area contributed by atoms with Gasteiger partial charge in [-0.3, -0.25) is 4.79 Å². The number of hydrogen-bond acceptors (Lipinski definition) is 4. The van der Waals surface area contributed by atoms with E-state index in [1.165, 1.54) is 5.56 Å². The molecule has 0 N–H and O–H groups in total. The maximum Gasteiger partial charge on any atom is 0.167 e. The van der Waals surface area contributed by atoms with Crippen LogP contribution in [0, 0.1) is 13.8 Å². The molecule has 21 heavy (non-hydrogen) atoms. The average molecular weight is 282 g/mol. The second-order valence-corrected chi connectivity index (χ2v) is 5.42. The summed E-state index contributed by atoms with van der Waals surface area (Å²) in [5.74, 6) is 0.0622. The smallest absolute Gasteiger partial charge is 0.167 e. The Morgan fingerprint density at radius 1 is 1.29 bits per heavy atom. The van der Waals surface area contributed by atoms with Gasteiger partial charge < -0.3 is 4.74 Å². The third-order valence-electron chi connectivity index (χ3n) is 3.86. The van der Waals surface area contributed by atoms with E-state index in [9.17, 15) is 4.79 Å². The number of carbonyl (C=O) groups is 1. The van der Waals surface area contributed by atoms with Crippen molar-refractivity contribution in [3.8, 4) is 0 Å². The Morgan fingerprint density at radius 2 is 2.10 bits per heavy atom. The molecular weight excluding hydrogens is 264 g/mol. The molecule has 2 aromatic rings. The van der Waals surface area contributed by atoms with Crippen LogP contribution in [0.15, 0.2) is 30.3 Å². The highest BCUT2D eigenvalue weighted by Crippen LogP contribution is 2.30. The summed E-state index contributed by atoms with van der Waals surface area (Å²) in [7, 11) is 0. The molecule has 108 valence electrons. The van der Waals surface area contributed by atoms with Gasteiger partial charge >= 0.3 is 0 Å². The molecule has 1 aromatic heterocycles. The van der Waals surface area contributed by atoms with Gasteiger partial charge in [0.1, 0.15) is 0 Å². The van der Waals surface area contributed by atoms with E-state index in [1.54, 1.807) is 6.07 Å². The fourth-order valence-electron chi connectivity index (χ4n) is 2.76. The summed E-state index contributed by atoms with van der Waals surface area (Å²) in [6.07, 6.45) is 1.11.